The first kappa shape index (κ1) is 19.2. The van der Waals surface area contributed by atoms with Gasteiger partial charge in [-0.15, -0.1) is 0 Å². The third kappa shape index (κ3) is 5.00. The molecule has 0 saturated carbocycles. The van der Waals surface area contributed by atoms with Gasteiger partial charge in [0.15, 0.2) is 0 Å². The van der Waals surface area contributed by atoms with Crippen LogP contribution in [0.25, 0.3) is 0 Å². The first-order chi connectivity index (χ1) is 14.3. The third-order valence-corrected chi connectivity index (χ3v) is 5.36. The van der Waals surface area contributed by atoms with Crippen LogP contribution in [0.4, 0.5) is 5.69 Å². The number of carbonyl (C=O) groups excluding carboxylic acids is 1. The molecule has 4 rings (SSSR count). The Bertz CT molecular complexity index is 854. The molecule has 0 spiro atoms. The van der Waals surface area contributed by atoms with E-state index >= 15 is 0 Å². The molecule has 1 aromatic heterocycles. The Morgan fingerprint density at radius 2 is 1.48 bits per heavy atom. The van der Waals surface area contributed by atoms with Gasteiger partial charge in [-0.3, -0.25) is 9.78 Å². The van der Waals surface area contributed by atoms with Gasteiger partial charge in [-0.25, -0.2) is 5.01 Å². The van der Waals surface area contributed by atoms with Crippen LogP contribution in [0.2, 0.25) is 0 Å². The van der Waals surface area contributed by atoms with Gasteiger partial charge in [-0.05, 0) is 23.3 Å². The molecule has 2 aromatic carbocycles. The van der Waals surface area contributed by atoms with Crippen molar-refractivity contribution in [2.45, 2.75) is 12.3 Å². The maximum absolute atomic E-state index is 13.1. The summed E-state index contributed by atoms with van der Waals surface area (Å²) in [6.45, 7) is 3.04. The van der Waals surface area contributed by atoms with E-state index < -0.39 is 0 Å². The normalized spacial score (nSPS) is 14.7. The van der Waals surface area contributed by atoms with Gasteiger partial charge in [0.1, 0.15) is 0 Å². The Morgan fingerprint density at radius 1 is 0.862 bits per heavy atom. The molecule has 2 heterocycles. The maximum atomic E-state index is 13.1. The second-order valence-corrected chi connectivity index (χ2v) is 7.30. The monoisotopic (exact) mass is 386 g/mol. The van der Waals surface area contributed by atoms with Crippen LogP contribution < -0.4 is 5.43 Å². The van der Waals surface area contributed by atoms with Crippen molar-refractivity contribution < 1.29 is 4.79 Å². The standard InChI is InChI=1S/C24H26N4O/c29-24(27-14-16-28(17-15-27)26-22-12-7-13-25-19-22)18-23(20-8-3-1-4-9-20)21-10-5-2-6-11-21/h1-13,19,23,26H,14-18H2. The minimum absolute atomic E-state index is 0.0800. The lowest BCUT2D eigenvalue weighted by Gasteiger charge is -2.36. The van der Waals surface area contributed by atoms with Crippen molar-refractivity contribution in [3.05, 3.63) is 96.3 Å². The van der Waals surface area contributed by atoms with Gasteiger partial charge < -0.3 is 10.3 Å². The summed E-state index contributed by atoms with van der Waals surface area (Å²) in [6, 6.07) is 24.5. The number of nitrogens with zero attached hydrogens (tertiary/aromatic N) is 3. The molecule has 1 amide bonds. The summed E-state index contributed by atoms with van der Waals surface area (Å²) in [4.78, 5) is 19.2. The summed E-state index contributed by atoms with van der Waals surface area (Å²) in [5.74, 6) is 0.292. The predicted octanol–water partition coefficient (Wildman–Crippen LogP) is 3.77. The number of aromatic nitrogens is 1. The largest absolute Gasteiger partial charge is 0.340 e. The van der Waals surface area contributed by atoms with Crippen LogP contribution in [0.15, 0.2) is 85.2 Å². The van der Waals surface area contributed by atoms with E-state index in [1.165, 1.54) is 11.1 Å². The van der Waals surface area contributed by atoms with Crippen LogP contribution in [0.1, 0.15) is 23.5 Å². The zero-order valence-electron chi connectivity index (χ0n) is 16.4. The molecule has 0 radical (unpaired) electrons. The molecule has 5 nitrogen and oxygen atoms in total. The van der Waals surface area contributed by atoms with Crippen molar-refractivity contribution >= 4 is 11.6 Å². The molecule has 1 aliphatic rings. The van der Waals surface area contributed by atoms with E-state index in [2.05, 4.69) is 39.7 Å². The van der Waals surface area contributed by atoms with Crippen molar-refractivity contribution in [3.63, 3.8) is 0 Å². The van der Waals surface area contributed by atoms with Crippen LogP contribution in [-0.4, -0.2) is 47.0 Å². The molecule has 1 aliphatic heterocycles. The number of hydrogen-bond donors (Lipinski definition) is 1. The number of carbonyl (C=O) groups is 1. The summed E-state index contributed by atoms with van der Waals surface area (Å²) in [7, 11) is 0. The highest BCUT2D eigenvalue weighted by Crippen LogP contribution is 2.28. The van der Waals surface area contributed by atoms with Crippen LogP contribution >= 0.6 is 0 Å². The quantitative estimate of drug-likeness (QED) is 0.701. The lowest BCUT2D eigenvalue weighted by Crippen LogP contribution is -2.50. The van der Waals surface area contributed by atoms with E-state index in [-0.39, 0.29) is 11.8 Å². The molecule has 0 bridgehead atoms. The molecule has 29 heavy (non-hydrogen) atoms. The van der Waals surface area contributed by atoms with E-state index in [9.17, 15) is 4.79 Å². The number of nitrogens with one attached hydrogen (secondary N) is 1. The topological polar surface area (TPSA) is 48.5 Å². The van der Waals surface area contributed by atoms with Gasteiger partial charge in [0.2, 0.25) is 5.91 Å². The van der Waals surface area contributed by atoms with Gasteiger partial charge in [0.05, 0.1) is 11.9 Å². The number of pyridine rings is 1. The Morgan fingerprint density at radius 3 is 2.03 bits per heavy atom. The van der Waals surface area contributed by atoms with Gasteiger partial charge in [-0.1, -0.05) is 60.7 Å². The average molecular weight is 386 g/mol. The average Bonchev–Trinajstić information content (AvgIpc) is 2.80. The maximum Gasteiger partial charge on any atom is 0.223 e. The molecule has 0 unspecified atom stereocenters. The highest BCUT2D eigenvalue weighted by molar-refractivity contribution is 5.78. The molecule has 1 N–H and O–H groups in total. The Kier molecular flexibility index (Phi) is 6.17. The zero-order chi connectivity index (χ0) is 19.9. The van der Waals surface area contributed by atoms with Crippen LogP contribution in [-0.2, 0) is 4.79 Å². The zero-order valence-corrected chi connectivity index (χ0v) is 16.4. The fraction of sp³-hybridized carbons (Fsp3) is 0.250. The number of hydrogen-bond acceptors (Lipinski definition) is 4. The van der Waals surface area contributed by atoms with Crippen molar-refractivity contribution in [3.8, 4) is 0 Å². The minimum Gasteiger partial charge on any atom is -0.340 e. The van der Waals surface area contributed by atoms with Gasteiger partial charge in [0.25, 0.3) is 0 Å². The summed E-state index contributed by atoms with van der Waals surface area (Å²) in [5.41, 5.74) is 6.71. The fourth-order valence-electron chi connectivity index (χ4n) is 3.78. The summed E-state index contributed by atoms with van der Waals surface area (Å²) < 4.78 is 0. The van der Waals surface area contributed by atoms with Crippen LogP contribution in [0.5, 0.6) is 0 Å². The molecule has 1 saturated heterocycles. The highest BCUT2D eigenvalue weighted by Gasteiger charge is 2.25. The van der Waals surface area contributed by atoms with Gasteiger partial charge >= 0.3 is 0 Å². The summed E-state index contributed by atoms with van der Waals surface area (Å²) >= 11 is 0. The third-order valence-electron chi connectivity index (χ3n) is 5.36. The van der Waals surface area contributed by atoms with Gasteiger partial charge in [0, 0.05) is 44.7 Å². The van der Waals surface area contributed by atoms with Crippen molar-refractivity contribution in [1.82, 2.24) is 14.9 Å². The first-order valence-corrected chi connectivity index (χ1v) is 10.1. The SMILES string of the molecule is O=C(CC(c1ccccc1)c1ccccc1)N1CCN(Nc2cccnc2)CC1. The number of benzene rings is 2. The first-order valence-electron chi connectivity index (χ1n) is 10.1. The Labute approximate surface area is 172 Å². The molecule has 0 aliphatic carbocycles. The molecule has 0 atom stereocenters. The van der Waals surface area contributed by atoms with E-state index in [4.69, 9.17) is 0 Å². The van der Waals surface area contributed by atoms with Gasteiger partial charge in [-0.2, -0.15) is 0 Å². The second-order valence-electron chi connectivity index (χ2n) is 7.30. The smallest absolute Gasteiger partial charge is 0.223 e. The number of hydrazine groups is 1. The molecule has 148 valence electrons. The Balaban J connectivity index is 1.39. The fourth-order valence-corrected chi connectivity index (χ4v) is 3.78. The highest BCUT2D eigenvalue weighted by atomic mass is 16.2. The summed E-state index contributed by atoms with van der Waals surface area (Å²) in [5, 5.41) is 2.15. The van der Waals surface area contributed by atoms with Crippen LogP contribution in [0, 0.1) is 0 Å². The Hall–Kier alpha value is -3.18. The number of amides is 1. The number of rotatable bonds is 6. The predicted molar refractivity (Wildman–Crippen MR) is 115 cm³/mol. The molecule has 1 fully saturated rings. The molecular weight excluding hydrogens is 360 g/mol. The van der Waals surface area contributed by atoms with E-state index in [1.54, 1.807) is 6.20 Å². The molecular formula is C24H26N4O. The second kappa shape index (κ2) is 9.34. The molecule has 5 heteroatoms. The van der Waals surface area contributed by atoms with Crippen molar-refractivity contribution in [2.75, 3.05) is 31.6 Å². The van der Waals surface area contributed by atoms with Crippen molar-refractivity contribution in [2.24, 2.45) is 0 Å². The number of anilines is 1. The number of piperazine rings is 1. The lowest BCUT2D eigenvalue weighted by molar-refractivity contribution is -0.133. The van der Waals surface area contributed by atoms with E-state index in [1.807, 2.05) is 59.6 Å². The minimum atomic E-state index is 0.0800. The van der Waals surface area contributed by atoms with E-state index in [0.29, 0.717) is 6.42 Å². The lowest BCUT2D eigenvalue weighted by atomic mass is 9.88. The summed E-state index contributed by atoms with van der Waals surface area (Å²) in [6.07, 6.45) is 4.06. The van der Waals surface area contributed by atoms with Crippen molar-refractivity contribution in [1.29, 1.82) is 0 Å². The molecule has 3 aromatic rings. The van der Waals surface area contributed by atoms with E-state index in [0.717, 1.165) is 31.9 Å². The van der Waals surface area contributed by atoms with Crippen LogP contribution in [0.3, 0.4) is 0 Å².